The first-order valence-electron chi connectivity index (χ1n) is 13.8. The zero-order chi connectivity index (χ0) is 32.2. The highest BCUT2D eigenvalue weighted by Gasteiger charge is 2.53. The number of nitrogens with one attached hydrogen (secondary N) is 1. The number of likely N-dealkylation sites (N-methyl/N-ethyl adjacent to an activating group) is 1. The highest BCUT2D eigenvalue weighted by atomic mass is 32.2. The quantitative estimate of drug-likeness (QED) is 0.0993. The Balaban J connectivity index is 0.000000488. The van der Waals surface area contributed by atoms with Crippen LogP contribution in [0.2, 0.25) is 0 Å². The summed E-state index contributed by atoms with van der Waals surface area (Å²) in [6, 6.07) is 3.16. The minimum atomic E-state index is -1.40. The van der Waals surface area contributed by atoms with Crippen molar-refractivity contribution in [3.05, 3.63) is 51.9 Å². The molecule has 2 aliphatic heterocycles. The molecule has 1 saturated heterocycles. The molecule has 0 spiro atoms. The number of amides is 2. The molecule has 44 heavy (non-hydrogen) atoms. The number of hydrogen-bond donors (Lipinski definition) is 2. The Hall–Kier alpha value is -4.02. The summed E-state index contributed by atoms with van der Waals surface area (Å²) in [5.74, 6) is -3.21. The standard InChI is InChI=1S/C23H24N6O5S2.C5H11NO2/c1-34-27-16(14-11-36-23(24)25-14)19(30)26-17-20(31)29-18(22(32)33)13(10-35-21(17)29)9-28-8-4-6-12-5-2-3-7-15(12)28;1-6(2,3)4-5(7)8/h4,6,8,11,17,21H,2-3,5,7,9-10H2,1H3,(H3-,24,25,26,30,32,33);4H2,1-3H3/b27-16-;/t17-,21-;/m1./s1. The smallest absolute Gasteiger partial charge is 0.276 e. The lowest BCUT2D eigenvalue weighted by Gasteiger charge is -2.50. The van der Waals surface area contributed by atoms with E-state index in [9.17, 15) is 29.4 Å². The molecule has 4 heterocycles. The van der Waals surface area contributed by atoms with Crippen molar-refractivity contribution >= 4 is 57.7 Å². The molecule has 0 aromatic carbocycles. The molecule has 0 saturated carbocycles. The van der Waals surface area contributed by atoms with Crippen LogP contribution in [0.5, 0.6) is 0 Å². The minimum absolute atomic E-state index is 0.0694. The maximum absolute atomic E-state index is 13.1. The van der Waals surface area contributed by atoms with Crippen molar-refractivity contribution in [2.75, 3.05) is 46.3 Å². The van der Waals surface area contributed by atoms with E-state index in [0.29, 0.717) is 22.4 Å². The number of rotatable bonds is 9. The number of carbonyl (C=O) groups excluding carboxylic acids is 4. The monoisotopic (exact) mass is 645 g/mol. The molecule has 0 radical (unpaired) electrons. The predicted molar refractivity (Wildman–Crippen MR) is 158 cm³/mol. The van der Waals surface area contributed by atoms with E-state index in [-0.39, 0.29) is 28.8 Å². The lowest BCUT2D eigenvalue weighted by atomic mass is 9.95. The molecule has 2 atom stereocenters. The Morgan fingerprint density at radius 2 is 1.98 bits per heavy atom. The van der Waals surface area contributed by atoms with Gasteiger partial charge in [-0.05, 0) is 25.3 Å². The second-order valence-electron chi connectivity index (χ2n) is 11.4. The summed E-state index contributed by atoms with van der Waals surface area (Å²) >= 11 is 2.54. The number of fused-ring (bicyclic) bond motifs is 2. The fraction of sp³-hybridized carbons (Fsp3) is 0.464. The summed E-state index contributed by atoms with van der Waals surface area (Å²) in [5, 5.41) is 29.7. The molecule has 1 fully saturated rings. The first-order valence-corrected chi connectivity index (χ1v) is 15.8. The molecule has 0 bridgehead atoms. The molecule has 236 valence electrons. The fourth-order valence-corrected chi connectivity index (χ4v) is 7.09. The van der Waals surface area contributed by atoms with Crippen molar-refractivity contribution in [3.63, 3.8) is 0 Å². The number of nitrogens with zero attached hydrogens (tertiary/aromatic N) is 5. The number of aryl methyl sites for hydroxylation is 1. The summed E-state index contributed by atoms with van der Waals surface area (Å²) in [4.78, 5) is 58.0. The van der Waals surface area contributed by atoms with Crippen LogP contribution in [0.15, 0.2) is 40.1 Å². The van der Waals surface area contributed by atoms with E-state index < -0.39 is 35.2 Å². The van der Waals surface area contributed by atoms with Gasteiger partial charge in [-0.3, -0.25) is 14.5 Å². The normalized spacial score (nSPS) is 19.6. The van der Waals surface area contributed by atoms with Gasteiger partial charge in [0.25, 0.3) is 11.8 Å². The van der Waals surface area contributed by atoms with Crippen LogP contribution in [-0.2, 0) is 43.4 Å². The second-order valence-corrected chi connectivity index (χ2v) is 13.4. The zero-order valence-corrected chi connectivity index (χ0v) is 26.5. The van der Waals surface area contributed by atoms with Gasteiger partial charge < -0.3 is 40.2 Å². The molecule has 2 amide bonds. The highest BCUT2D eigenvalue weighted by molar-refractivity contribution is 8.00. The van der Waals surface area contributed by atoms with Gasteiger partial charge in [0, 0.05) is 34.8 Å². The van der Waals surface area contributed by atoms with Crippen molar-refractivity contribution in [3.8, 4) is 0 Å². The summed E-state index contributed by atoms with van der Waals surface area (Å²) in [6.45, 7) is 0.433. The van der Waals surface area contributed by atoms with Crippen LogP contribution in [-0.4, -0.2) is 95.8 Å². The zero-order valence-electron chi connectivity index (χ0n) is 24.9. The van der Waals surface area contributed by atoms with Crippen LogP contribution in [0.1, 0.15) is 29.8 Å². The van der Waals surface area contributed by atoms with Crippen molar-refractivity contribution < 1.29 is 43.3 Å². The van der Waals surface area contributed by atoms with Crippen LogP contribution in [0, 0.1) is 0 Å². The van der Waals surface area contributed by atoms with Crippen molar-refractivity contribution in [1.82, 2.24) is 15.2 Å². The second kappa shape index (κ2) is 13.7. The number of nitrogens with two attached hydrogens (primary N) is 1. The number of carboxylic acids is 2. The third-order valence-corrected chi connectivity index (χ3v) is 9.06. The largest absolute Gasteiger partial charge is 0.544 e. The summed E-state index contributed by atoms with van der Waals surface area (Å²) in [7, 11) is 6.69. The van der Waals surface area contributed by atoms with E-state index in [1.165, 1.54) is 35.0 Å². The number of aromatic nitrogens is 2. The van der Waals surface area contributed by atoms with Crippen LogP contribution in [0.3, 0.4) is 0 Å². The number of quaternary nitrogens is 1. The molecule has 2 aromatic rings. The van der Waals surface area contributed by atoms with Gasteiger partial charge in [0.05, 0.1) is 38.8 Å². The van der Waals surface area contributed by atoms with Gasteiger partial charge in [-0.1, -0.05) is 5.16 Å². The molecule has 2 aromatic heterocycles. The first-order chi connectivity index (χ1) is 20.8. The number of aliphatic carboxylic acids is 2. The number of anilines is 1. The number of thiazole rings is 1. The average molecular weight is 646 g/mol. The van der Waals surface area contributed by atoms with Crippen molar-refractivity contribution in [2.45, 2.75) is 43.6 Å². The number of β-lactam (4-membered cyclic amide) rings is 1. The molecule has 1 aliphatic carbocycles. The van der Waals surface area contributed by atoms with Gasteiger partial charge in [-0.15, -0.1) is 23.1 Å². The molecular formula is C28H35N7O7S2. The van der Waals surface area contributed by atoms with Crippen molar-refractivity contribution in [1.29, 1.82) is 0 Å². The molecule has 14 nitrogen and oxygen atoms in total. The summed E-state index contributed by atoms with van der Waals surface area (Å²) < 4.78 is 2.49. The molecule has 3 aliphatic rings. The van der Waals surface area contributed by atoms with E-state index >= 15 is 0 Å². The third-order valence-electron chi connectivity index (χ3n) is 7.04. The van der Waals surface area contributed by atoms with E-state index in [0.717, 1.165) is 37.0 Å². The fourth-order valence-electron chi connectivity index (χ4n) is 5.21. The average Bonchev–Trinajstić information content (AvgIpc) is 3.38. The van der Waals surface area contributed by atoms with E-state index in [1.807, 2.05) is 12.3 Å². The van der Waals surface area contributed by atoms with E-state index in [2.05, 4.69) is 26.1 Å². The Bertz CT molecular complexity index is 1520. The number of oxime groups is 1. The highest BCUT2D eigenvalue weighted by Crippen LogP contribution is 2.40. The van der Waals surface area contributed by atoms with Crippen LogP contribution < -0.4 is 25.8 Å². The number of pyridine rings is 1. The lowest BCUT2D eigenvalue weighted by Crippen LogP contribution is -2.71. The van der Waals surface area contributed by atoms with E-state index in [1.54, 1.807) is 26.5 Å². The van der Waals surface area contributed by atoms with Gasteiger partial charge in [-0.2, -0.15) is 4.57 Å². The number of thioether (sulfide) groups is 1. The predicted octanol–water partition coefficient (Wildman–Crippen LogP) is -2.21. The minimum Gasteiger partial charge on any atom is -0.544 e. The number of carboxylic acid groups (broad SMARTS) is 2. The Morgan fingerprint density at radius 3 is 2.57 bits per heavy atom. The Kier molecular flexibility index (Phi) is 10.3. The summed E-state index contributed by atoms with van der Waals surface area (Å²) in [6.07, 6.45) is 6.13. The van der Waals surface area contributed by atoms with Gasteiger partial charge in [0.2, 0.25) is 0 Å². The van der Waals surface area contributed by atoms with Crippen LogP contribution >= 0.6 is 23.1 Å². The van der Waals surface area contributed by atoms with Gasteiger partial charge in [0.1, 0.15) is 30.8 Å². The molecule has 3 N–H and O–H groups in total. The summed E-state index contributed by atoms with van der Waals surface area (Å²) in [5.41, 5.74) is 8.72. The SMILES string of the molecule is CO/N=C(\C(=O)N[C@@H]1C(=O)N2C(C(=O)[O-])=C(C[n+]3cccc4c3CCCC4)CS[C@H]12)c1csc(N)n1.C[N+](C)(C)CC(=O)[O-]. The maximum Gasteiger partial charge on any atom is 0.276 e. The Labute approximate surface area is 262 Å². The third kappa shape index (κ3) is 7.54. The molecule has 0 unspecified atom stereocenters. The van der Waals surface area contributed by atoms with Crippen molar-refractivity contribution in [2.24, 2.45) is 5.16 Å². The van der Waals surface area contributed by atoms with Gasteiger partial charge in [-0.25, -0.2) is 4.98 Å². The van der Waals surface area contributed by atoms with Gasteiger partial charge in [0.15, 0.2) is 29.3 Å². The molecule has 5 rings (SSSR count). The van der Waals surface area contributed by atoms with E-state index in [4.69, 9.17) is 10.6 Å². The topological polar surface area (TPSA) is 194 Å². The first kappa shape index (κ1) is 32.9. The van der Waals surface area contributed by atoms with Gasteiger partial charge >= 0.3 is 0 Å². The molecular weight excluding hydrogens is 610 g/mol. The maximum atomic E-state index is 13.1. The molecule has 16 heteroatoms. The Morgan fingerprint density at radius 1 is 1.25 bits per heavy atom. The number of nitrogen functional groups attached to an aromatic ring is 1. The lowest BCUT2D eigenvalue weighted by molar-refractivity contribution is -0.864. The number of carbonyl (C=O) groups is 4. The van der Waals surface area contributed by atoms with Crippen LogP contribution in [0.4, 0.5) is 5.13 Å². The van der Waals surface area contributed by atoms with Crippen LogP contribution in [0.25, 0.3) is 0 Å². The number of hydrogen-bond acceptors (Lipinski definition) is 12.